The molecular weight excluding hydrogens is 281 g/mol. The molecule has 0 aromatic heterocycles. The molecule has 2 rings (SSSR count). The Balaban J connectivity index is 2.13. The summed E-state index contributed by atoms with van der Waals surface area (Å²) in [5.41, 5.74) is -1.02. The van der Waals surface area contributed by atoms with E-state index in [1.807, 2.05) is 13.8 Å². The number of nitrogens with one attached hydrogen (secondary N) is 1. The molecule has 6 heteroatoms. The number of benzene rings is 1. The Kier molecular flexibility index (Phi) is 4.44. The van der Waals surface area contributed by atoms with Crippen molar-refractivity contribution in [2.45, 2.75) is 26.4 Å². The van der Waals surface area contributed by atoms with Crippen molar-refractivity contribution in [2.75, 3.05) is 18.4 Å². The van der Waals surface area contributed by atoms with E-state index in [0.717, 1.165) is 12.5 Å². The maximum atomic E-state index is 12.9. The van der Waals surface area contributed by atoms with Crippen LogP contribution in [0, 0.1) is 11.8 Å². The van der Waals surface area contributed by atoms with Crippen LogP contribution in [0.5, 0.6) is 0 Å². The van der Waals surface area contributed by atoms with Gasteiger partial charge in [0.05, 0.1) is 11.3 Å². The molecule has 116 valence electrons. The van der Waals surface area contributed by atoms with E-state index in [1.165, 1.54) is 18.2 Å². The van der Waals surface area contributed by atoms with Crippen LogP contribution in [0.25, 0.3) is 0 Å². The highest BCUT2D eigenvalue weighted by molar-refractivity contribution is 5.90. The highest BCUT2D eigenvalue weighted by atomic mass is 19.4. The molecule has 0 radical (unpaired) electrons. The SMILES string of the molecule is C[C@@H]1C[C@@H](C)CN(C(=O)Nc2ccccc2C(F)(F)F)C1. The predicted molar refractivity (Wildman–Crippen MR) is 75.0 cm³/mol. The summed E-state index contributed by atoms with van der Waals surface area (Å²) >= 11 is 0. The van der Waals surface area contributed by atoms with Crippen LogP contribution in [-0.2, 0) is 6.18 Å². The first-order valence-electron chi connectivity index (χ1n) is 6.99. The summed E-state index contributed by atoms with van der Waals surface area (Å²) in [5.74, 6) is 0.717. The predicted octanol–water partition coefficient (Wildman–Crippen LogP) is 4.22. The van der Waals surface area contributed by atoms with Crippen LogP contribution in [0.1, 0.15) is 25.8 Å². The van der Waals surface area contributed by atoms with Crippen LogP contribution in [0.15, 0.2) is 24.3 Å². The smallest absolute Gasteiger partial charge is 0.324 e. The van der Waals surface area contributed by atoms with Gasteiger partial charge in [-0.05, 0) is 30.4 Å². The summed E-state index contributed by atoms with van der Waals surface area (Å²) in [4.78, 5) is 13.8. The minimum absolute atomic E-state index is 0.194. The van der Waals surface area contributed by atoms with Gasteiger partial charge in [0, 0.05) is 13.1 Å². The third kappa shape index (κ3) is 3.89. The molecule has 1 N–H and O–H groups in total. The van der Waals surface area contributed by atoms with Crippen LogP contribution in [-0.4, -0.2) is 24.0 Å². The van der Waals surface area contributed by atoms with Crippen molar-refractivity contribution in [3.8, 4) is 0 Å². The van der Waals surface area contributed by atoms with Crippen LogP contribution < -0.4 is 5.32 Å². The maximum absolute atomic E-state index is 12.9. The van der Waals surface area contributed by atoms with E-state index in [4.69, 9.17) is 0 Å². The highest BCUT2D eigenvalue weighted by Gasteiger charge is 2.34. The Morgan fingerprint density at radius 3 is 2.33 bits per heavy atom. The van der Waals surface area contributed by atoms with E-state index in [2.05, 4.69) is 5.32 Å². The zero-order valence-electron chi connectivity index (χ0n) is 12.1. The molecule has 1 fully saturated rings. The summed E-state index contributed by atoms with van der Waals surface area (Å²) < 4.78 is 38.7. The lowest BCUT2D eigenvalue weighted by molar-refractivity contribution is -0.136. The Bertz CT molecular complexity index is 506. The largest absolute Gasteiger partial charge is 0.418 e. The molecule has 0 saturated carbocycles. The monoisotopic (exact) mass is 300 g/mol. The molecule has 1 aromatic carbocycles. The molecule has 0 unspecified atom stereocenters. The number of rotatable bonds is 1. The van der Waals surface area contributed by atoms with Crippen LogP contribution in [0.2, 0.25) is 0 Å². The van der Waals surface area contributed by atoms with Crippen molar-refractivity contribution in [2.24, 2.45) is 11.8 Å². The van der Waals surface area contributed by atoms with E-state index >= 15 is 0 Å². The average Bonchev–Trinajstić information content (AvgIpc) is 2.37. The quantitative estimate of drug-likeness (QED) is 0.827. The summed E-state index contributed by atoms with van der Waals surface area (Å²) in [5, 5.41) is 2.39. The molecule has 1 aliphatic heterocycles. The van der Waals surface area contributed by atoms with Gasteiger partial charge >= 0.3 is 12.2 Å². The lowest BCUT2D eigenvalue weighted by Gasteiger charge is -2.35. The second-order valence-corrected chi connectivity index (χ2v) is 5.82. The van der Waals surface area contributed by atoms with Crippen molar-refractivity contribution < 1.29 is 18.0 Å². The van der Waals surface area contributed by atoms with E-state index < -0.39 is 17.8 Å². The second-order valence-electron chi connectivity index (χ2n) is 5.82. The van der Waals surface area contributed by atoms with Gasteiger partial charge in [-0.25, -0.2) is 4.79 Å². The summed E-state index contributed by atoms with van der Waals surface area (Å²) in [6, 6.07) is 4.56. The van der Waals surface area contributed by atoms with Gasteiger partial charge < -0.3 is 10.2 Å². The highest BCUT2D eigenvalue weighted by Crippen LogP contribution is 2.34. The summed E-state index contributed by atoms with van der Waals surface area (Å²) in [6.45, 7) is 5.23. The Morgan fingerprint density at radius 1 is 1.19 bits per heavy atom. The molecule has 21 heavy (non-hydrogen) atoms. The third-order valence-corrected chi connectivity index (χ3v) is 3.63. The number of nitrogens with zero attached hydrogens (tertiary/aromatic N) is 1. The molecule has 2 amide bonds. The Hall–Kier alpha value is -1.72. The van der Waals surface area contributed by atoms with Crippen LogP contribution >= 0.6 is 0 Å². The zero-order chi connectivity index (χ0) is 15.6. The fraction of sp³-hybridized carbons (Fsp3) is 0.533. The van der Waals surface area contributed by atoms with Crippen molar-refractivity contribution in [3.63, 3.8) is 0 Å². The number of para-hydroxylation sites is 1. The number of urea groups is 1. The minimum atomic E-state index is -4.48. The molecule has 0 spiro atoms. The number of likely N-dealkylation sites (tertiary alicyclic amines) is 1. The molecule has 0 aliphatic carbocycles. The number of anilines is 1. The van der Waals surface area contributed by atoms with Gasteiger partial charge in [0.1, 0.15) is 0 Å². The normalized spacial score (nSPS) is 23.0. The third-order valence-electron chi connectivity index (χ3n) is 3.63. The van der Waals surface area contributed by atoms with Crippen molar-refractivity contribution in [1.82, 2.24) is 4.90 Å². The maximum Gasteiger partial charge on any atom is 0.418 e. The lowest BCUT2D eigenvalue weighted by Crippen LogP contribution is -2.44. The number of halogens is 3. The zero-order valence-corrected chi connectivity index (χ0v) is 12.1. The summed E-state index contributed by atoms with van der Waals surface area (Å²) in [7, 11) is 0. The Morgan fingerprint density at radius 2 is 1.76 bits per heavy atom. The fourth-order valence-electron chi connectivity index (χ4n) is 2.86. The first-order valence-corrected chi connectivity index (χ1v) is 6.99. The van der Waals surface area contributed by atoms with Gasteiger partial charge in [0.2, 0.25) is 0 Å². The first-order chi connectivity index (χ1) is 9.77. The number of hydrogen-bond acceptors (Lipinski definition) is 1. The van der Waals surface area contributed by atoms with E-state index in [1.54, 1.807) is 4.90 Å². The number of carbonyl (C=O) groups excluding carboxylic acids is 1. The van der Waals surface area contributed by atoms with Crippen LogP contribution in [0.4, 0.5) is 23.7 Å². The van der Waals surface area contributed by atoms with E-state index in [0.29, 0.717) is 24.9 Å². The standard InChI is InChI=1S/C15H19F3N2O/c1-10-7-11(2)9-20(8-10)14(21)19-13-6-4-3-5-12(13)15(16,17)18/h3-6,10-11H,7-9H2,1-2H3,(H,19,21)/t10-,11-/m1/s1. The second kappa shape index (κ2) is 5.95. The number of alkyl halides is 3. The first kappa shape index (κ1) is 15.7. The van der Waals surface area contributed by atoms with Gasteiger partial charge in [-0.1, -0.05) is 26.0 Å². The topological polar surface area (TPSA) is 32.3 Å². The fourth-order valence-corrected chi connectivity index (χ4v) is 2.86. The van der Waals surface area contributed by atoms with E-state index in [9.17, 15) is 18.0 Å². The van der Waals surface area contributed by atoms with Gasteiger partial charge in [-0.2, -0.15) is 13.2 Å². The molecule has 3 nitrogen and oxygen atoms in total. The number of hydrogen-bond donors (Lipinski definition) is 1. The number of carbonyl (C=O) groups is 1. The Labute approximate surface area is 122 Å². The molecular formula is C15H19F3N2O. The molecule has 2 atom stereocenters. The van der Waals surface area contributed by atoms with Gasteiger partial charge in [-0.15, -0.1) is 0 Å². The molecule has 1 heterocycles. The lowest BCUT2D eigenvalue weighted by atomic mass is 9.92. The summed E-state index contributed by atoms with van der Waals surface area (Å²) in [6.07, 6.45) is -3.45. The minimum Gasteiger partial charge on any atom is -0.324 e. The van der Waals surface area contributed by atoms with Crippen molar-refractivity contribution in [3.05, 3.63) is 29.8 Å². The molecule has 1 aliphatic rings. The number of piperidine rings is 1. The molecule has 1 aromatic rings. The van der Waals surface area contributed by atoms with Gasteiger partial charge in [0.25, 0.3) is 0 Å². The average molecular weight is 300 g/mol. The van der Waals surface area contributed by atoms with Crippen molar-refractivity contribution >= 4 is 11.7 Å². The van der Waals surface area contributed by atoms with E-state index in [-0.39, 0.29) is 5.69 Å². The van der Waals surface area contributed by atoms with Crippen molar-refractivity contribution in [1.29, 1.82) is 0 Å². The molecule has 0 bridgehead atoms. The number of amides is 2. The van der Waals surface area contributed by atoms with Gasteiger partial charge in [0.15, 0.2) is 0 Å². The van der Waals surface area contributed by atoms with Crippen LogP contribution in [0.3, 0.4) is 0 Å². The van der Waals surface area contributed by atoms with Gasteiger partial charge in [-0.3, -0.25) is 0 Å². The molecule has 1 saturated heterocycles.